The molecule has 0 aliphatic carbocycles. The lowest BCUT2D eigenvalue weighted by Gasteiger charge is -2.15. The molecule has 0 atom stereocenters. The first-order chi connectivity index (χ1) is 9.63. The van der Waals surface area contributed by atoms with Gasteiger partial charge in [0.25, 0.3) is 11.8 Å². The van der Waals surface area contributed by atoms with Crippen molar-refractivity contribution in [3.63, 3.8) is 0 Å². The third kappa shape index (κ3) is 1.56. The lowest BCUT2D eigenvalue weighted by Crippen LogP contribution is -2.30. The van der Waals surface area contributed by atoms with E-state index in [1.54, 1.807) is 30.3 Å². The minimum absolute atomic E-state index is 0.194. The first kappa shape index (κ1) is 11.9. The van der Waals surface area contributed by atoms with Crippen LogP contribution >= 0.6 is 0 Å². The number of fused-ring (bicyclic) bond motifs is 1. The van der Waals surface area contributed by atoms with Gasteiger partial charge in [0.2, 0.25) is 0 Å². The molecule has 2 amide bonds. The van der Waals surface area contributed by atoms with Crippen molar-refractivity contribution in [3.05, 3.63) is 59.2 Å². The van der Waals surface area contributed by atoms with Crippen LogP contribution in [0.4, 0.5) is 11.4 Å². The summed E-state index contributed by atoms with van der Waals surface area (Å²) in [6.07, 6.45) is 0. The standard InChI is InChI=1S/C15H9N3O2/c16-8-9-7-10(17)5-6-13(9)18-14(19)11-3-1-2-4-12(11)15(18)20/h1-7H,17H2. The number of nitrogens with two attached hydrogens (primary N) is 1. The van der Waals surface area contributed by atoms with Gasteiger partial charge in [0.05, 0.1) is 22.4 Å². The average Bonchev–Trinajstić information content (AvgIpc) is 2.72. The number of carbonyl (C=O) groups excluding carboxylic acids is 2. The van der Waals surface area contributed by atoms with E-state index in [0.717, 1.165) is 4.90 Å². The zero-order chi connectivity index (χ0) is 14.3. The maximum atomic E-state index is 12.3. The smallest absolute Gasteiger partial charge is 0.266 e. The number of hydrogen-bond acceptors (Lipinski definition) is 4. The van der Waals surface area contributed by atoms with Gasteiger partial charge in [-0.3, -0.25) is 9.59 Å². The van der Waals surface area contributed by atoms with Crippen LogP contribution in [0.2, 0.25) is 0 Å². The third-order valence-electron chi connectivity index (χ3n) is 3.18. The summed E-state index contributed by atoms with van der Waals surface area (Å²) < 4.78 is 0. The van der Waals surface area contributed by atoms with E-state index in [1.807, 2.05) is 6.07 Å². The monoisotopic (exact) mass is 263 g/mol. The van der Waals surface area contributed by atoms with Gasteiger partial charge in [-0.25, -0.2) is 4.90 Å². The number of nitrogens with zero attached hydrogens (tertiary/aromatic N) is 2. The van der Waals surface area contributed by atoms with Gasteiger partial charge in [0, 0.05) is 5.69 Å². The second-order valence-corrected chi connectivity index (χ2v) is 4.38. The number of nitrogen functional groups attached to an aromatic ring is 1. The molecule has 1 heterocycles. The Balaban J connectivity index is 2.17. The molecular weight excluding hydrogens is 254 g/mol. The fourth-order valence-corrected chi connectivity index (χ4v) is 2.25. The van der Waals surface area contributed by atoms with E-state index >= 15 is 0 Å². The number of rotatable bonds is 1. The summed E-state index contributed by atoms with van der Waals surface area (Å²) in [5, 5.41) is 9.14. The maximum absolute atomic E-state index is 12.3. The quantitative estimate of drug-likeness (QED) is 0.629. The van der Waals surface area contributed by atoms with Crippen molar-refractivity contribution in [2.24, 2.45) is 0 Å². The second kappa shape index (κ2) is 4.21. The molecule has 0 aromatic heterocycles. The summed E-state index contributed by atoms with van der Waals surface area (Å²) in [7, 11) is 0. The van der Waals surface area contributed by atoms with Gasteiger partial charge in [-0.15, -0.1) is 0 Å². The molecule has 0 bridgehead atoms. The van der Waals surface area contributed by atoms with Gasteiger partial charge in [-0.2, -0.15) is 5.26 Å². The van der Waals surface area contributed by atoms with E-state index in [0.29, 0.717) is 16.8 Å². The highest BCUT2D eigenvalue weighted by Gasteiger charge is 2.37. The van der Waals surface area contributed by atoms with Gasteiger partial charge in [-0.1, -0.05) is 12.1 Å². The number of anilines is 2. The summed E-state index contributed by atoms with van der Waals surface area (Å²) in [5.41, 5.74) is 7.16. The van der Waals surface area contributed by atoms with Crippen LogP contribution in [0.3, 0.4) is 0 Å². The third-order valence-corrected chi connectivity index (χ3v) is 3.18. The molecule has 3 rings (SSSR count). The predicted octanol–water partition coefficient (Wildman–Crippen LogP) is 1.94. The fourth-order valence-electron chi connectivity index (χ4n) is 2.25. The average molecular weight is 263 g/mol. The Labute approximate surface area is 114 Å². The van der Waals surface area contributed by atoms with E-state index in [-0.39, 0.29) is 11.3 Å². The van der Waals surface area contributed by atoms with Crippen LogP contribution in [0.1, 0.15) is 26.3 Å². The highest BCUT2D eigenvalue weighted by molar-refractivity contribution is 6.34. The Morgan fingerprint density at radius 3 is 2.15 bits per heavy atom. The summed E-state index contributed by atoms with van der Waals surface area (Å²) in [6, 6.07) is 13.0. The Hall–Kier alpha value is -3.13. The molecule has 0 radical (unpaired) electrons. The summed E-state index contributed by atoms with van der Waals surface area (Å²) in [6.45, 7) is 0. The van der Waals surface area contributed by atoms with Crippen molar-refractivity contribution < 1.29 is 9.59 Å². The molecular formula is C15H9N3O2. The first-order valence-electron chi connectivity index (χ1n) is 5.91. The van der Waals surface area contributed by atoms with Crippen LogP contribution in [0, 0.1) is 11.3 Å². The number of imide groups is 1. The van der Waals surface area contributed by atoms with E-state index in [9.17, 15) is 9.59 Å². The lowest BCUT2D eigenvalue weighted by atomic mass is 10.1. The van der Waals surface area contributed by atoms with Crippen molar-refractivity contribution in [2.45, 2.75) is 0 Å². The van der Waals surface area contributed by atoms with Crippen molar-refractivity contribution in [2.75, 3.05) is 10.6 Å². The van der Waals surface area contributed by atoms with Gasteiger partial charge in [0.15, 0.2) is 0 Å². The molecule has 2 aromatic rings. The molecule has 0 unspecified atom stereocenters. The summed E-state index contributed by atoms with van der Waals surface area (Å²) in [4.78, 5) is 25.7. The highest BCUT2D eigenvalue weighted by atomic mass is 16.2. The van der Waals surface area contributed by atoms with Crippen LogP contribution in [0.5, 0.6) is 0 Å². The minimum atomic E-state index is -0.424. The van der Waals surface area contributed by atoms with Gasteiger partial charge < -0.3 is 5.73 Å². The Kier molecular flexibility index (Phi) is 2.51. The van der Waals surface area contributed by atoms with Crippen LogP contribution in [-0.4, -0.2) is 11.8 Å². The molecule has 0 spiro atoms. The molecule has 1 aliphatic rings. The first-order valence-corrected chi connectivity index (χ1v) is 5.91. The summed E-state index contributed by atoms with van der Waals surface area (Å²) in [5.74, 6) is -0.848. The maximum Gasteiger partial charge on any atom is 0.266 e. The molecule has 0 saturated heterocycles. The van der Waals surface area contributed by atoms with Crippen molar-refractivity contribution in [3.8, 4) is 6.07 Å². The van der Waals surface area contributed by atoms with Crippen molar-refractivity contribution in [1.29, 1.82) is 5.26 Å². The molecule has 0 fully saturated rings. The second-order valence-electron chi connectivity index (χ2n) is 4.38. The van der Waals surface area contributed by atoms with E-state index < -0.39 is 11.8 Å². The zero-order valence-corrected chi connectivity index (χ0v) is 10.3. The molecule has 2 N–H and O–H groups in total. The molecule has 20 heavy (non-hydrogen) atoms. The van der Waals surface area contributed by atoms with E-state index in [4.69, 9.17) is 11.0 Å². The highest BCUT2D eigenvalue weighted by Crippen LogP contribution is 2.31. The molecule has 96 valence electrons. The molecule has 2 aromatic carbocycles. The van der Waals surface area contributed by atoms with Gasteiger partial charge in [0.1, 0.15) is 6.07 Å². The van der Waals surface area contributed by atoms with Crippen LogP contribution in [0.25, 0.3) is 0 Å². The Morgan fingerprint density at radius 2 is 1.60 bits per heavy atom. The molecule has 0 saturated carbocycles. The number of nitriles is 1. The Morgan fingerprint density at radius 1 is 1.00 bits per heavy atom. The SMILES string of the molecule is N#Cc1cc(N)ccc1N1C(=O)c2ccccc2C1=O. The van der Waals surface area contributed by atoms with Crippen LogP contribution < -0.4 is 10.6 Å². The van der Waals surface area contributed by atoms with Gasteiger partial charge in [-0.05, 0) is 30.3 Å². The number of hydrogen-bond donors (Lipinski definition) is 1. The van der Waals surface area contributed by atoms with E-state index in [1.165, 1.54) is 12.1 Å². The minimum Gasteiger partial charge on any atom is -0.399 e. The topological polar surface area (TPSA) is 87.2 Å². The number of benzene rings is 2. The zero-order valence-electron chi connectivity index (χ0n) is 10.3. The van der Waals surface area contributed by atoms with Crippen molar-refractivity contribution in [1.82, 2.24) is 0 Å². The van der Waals surface area contributed by atoms with Crippen LogP contribution in [-0.2, 0) is 0 Å². The Bertz CT molecular complexity index is 755. The van der Waals surface area contributed by atoms with Crippen LogP contribution in [0.15, 0.2) is 42.5 Å². The van der Waals surface area contributed by atoms with E-state index in [2.05, 4.69) is 0 Å². The normalized spacial score (nSPS) is 13.2. The van der Waals surface area contributed by atoms with Gasteiger partial charge >= 0.3 is 0 Å². The number of carbonyl (C=O) groups is 2. The molecule has 5 nitrogen and oxygen atoms in total. The van der Waals surface area contributed by atoms with Crippen molar-refractivity contribution >= 4 is 23.2 Å². The summed E-state index contributed by atoms with van der Waals surface area (Å²) >= 11 is 0. The largest absolute Gasteiger partial charge is 0.399 e. The fraction of sp³-hybridized carbons (Fsp3) is 0. The molecule has 1 aliphatic heterocycles. The predicted molar refractivity (Wildman–Crippen MR) is 73.2 cm³/mol. The lowest BCUT2D eigenvalue weighted by molar-refractivity contribution is 0.0926. The molecule has 5 heteroatoms. The number of amides is 2.